The average molecular weight is 705 g/mol. The fourth-order valence-electron chi connectivity index (χ4n) is 6.96. The Labute approximate surface area is 315 Å². The molecule has 4 rings (SSSR count). The zero-order valence-corrected chi connectivity index (χ0v) is 33.4. The first-order valence-electron chi connectivity index (χ1n) is 19.5. The third-order valence-corrected chi connectivity index (χ3v) is 10.2. The van der Waals surface area contributed by atoms with Crippen LogP contribution in [0.15, 0.2) is 84.9 Å². The lowest BCUT2D eigenvalue weighted by molar-refractivity contribution is 0.291. The Balaban J connectivity index is 0.000000280. The Hall–Kier alpha value is -4.32. The van der Waals surface area contributed by atoms with Crippen LogP contribution in [0.4, 0.5) is 0 Å². The molecule has 4 aromatic carbocycles. The topological polar surface area (TPSA) is 67.2 Å². The maximum absolute atomic E-state index is 10.3. The van der Waals surface area contributed by atoms with Crippen LogP contribution in [0.5, 0.6) is 17.2 Å². The van der Waals surface area contributed by atoms with E-state index in [1.165, 1.54) is 39.0 Å². The number of allylic oxidation sites excluding steroid dienone is 4. The van der Waals surface area contributed by atoms with E-state index in [-0.39, 0.29) is 5.75 Å². The van der Waals surface area contributed by atoms with Gasteiger partial charge in [-0.25, -0.2) is 0 Å². The maximum atomic E-state index is 10.3. The first kappa shape index (κ1) is 42.1. The number of phenols is 3. The predicted molar refractivity (Wildman–Crippen MR) is 224 cm³/mol. The largest absolute Gasteiger partial charge is 0.508 e. The Kier molecular flexibility index (Phi) is 17.2. The SMILES string of the molecule is CC/C(=C(/CC)c1ccc(O)c(CN(CC)CC)c1)c1ccc(C)cc1.CC/C(=C(\CC)c1ccc(O)c(CN(CC)CC)c1)c1ccc(O)cc1. The van der Waals surface area contributed by atoms with Crippen LogP contribution < -0.4 is 0 Å². The lowest BCUT2D eigenvalue weighted by atomic mass is 9.90. The van der Waals surface area contributed by atoms with Gasteiger partial charge < -0.3 is 15.3 Å². The standard InChI is InChI=1S/C24H33NO.C23H31NO2/c1-6-22(19-12-10-18(5)11-13-19)23(7-2)20-14-15-24(26)21(16-20)17-25(8-3)9-4;1-5-21(17-9-12-20(25)13-10-17)22(6-2)18-11-14-23(26)19(15-18)16-24(7-3)8-4/h10-16,26H,6-9,17H2,1-5H3;9-15,25-26H,5-8,16H2,1-4H3/b23-22+;22-21-. The van der Waals surface area contributed by atoms with E-state index in [1.54, 1.807) is 12.1 Å². The zero-order chi connectivity index (χ0) is 38.2. The molecule has 5 nitrogen and oxygen atoms in total. The Morgan fingerprint density at radius 3 is 1.06 bits per heavy atom. The zero-order valence-electron chi connectivity index (χ0n) is 33.4. The maximum Gasteiger partial charge on any atom is 0.120 e. The third kappa shape index (κ3) is 11.3. The molecule has 0 aliphatic heterocycles. The summed E-state index contributed by atoms with van der Waals surface area (Å²) in [5.41, 5.74) is 13.4. The van der Waals surface area contributed by atoms with Gasteiger partial charge in [0.2, 0.25) is 0 Å². The van der Waals surface area contributed by atoms with Crippen LogP contribution >= 0.6 is 0 Å². The van der Waals surface area contributed by atoms with E-state index in [0.717, 1.165) is 87.2 Å². The molecule has 0 unspecified atom stereocenters. The highest BCUT2D eigenvalue weighted by Crippen LogP contribution is 2.35. The molecule has 0 atom stereocenters. The number of rotatable bonds is 16. The van der Waals surface area contributed by atoms with E-state index in [9.17, 15) is 15.3 Å². The van der Waals surface area contributed by atoms with E-state index < -0.39 is 0 Å². The Morgan fingerprint density at radius 1 is 0.423 bits per heavy atom. The molecule has 0 spiro atoms. The summed E-state index contributed by atoms with van der Waals surface area (Å²) in [7, 11) is 0. The van der Waals surface area contributed by atoms with Crippen molar-refractivity contribution < 1.29 is 15.3 Å². The van der Waals surface area contributed by atoms with E-state index in [0.29, 0.717) is 11.5 Å². The van der Waals surface area contributed by atoms with Gasteiger partial charge in [-0.05, 0) is 140 Å². The van der Waals surface area contributed by atoms with Gasteiger partial charge in [0.1, 0.15) is 17.2 Å². The molecular weight excluding hydrogens is 641 g/mol. The molecule has 0 bridgehead atoms. The van der Waals surface area contributed by atoms with Gasteiger partial charge >= 0.3 is 0 Å². The summed E-state index contributed by atoms with van der Waals surface area (Å²) in [4.78, 5) is 4.63. The van der Waals surface area contributed by atoms with Crippen molar-refractivity contribution in [1.29, 1.82) is 0 Å². The Bertz CT molecular complexity index is 1610. The van der Waals surface area contributed by atoms with Crippen LogP contribution in [0.1, 0.15) is 120 Å². The van der Waals surface area contributed by atoms with E-state index in [2.05, 4.69) is 115 Å². The number of hydrogen-bond acceptors (Lipinski definition) is 5. The summed E-state index contributed by atoms with van der Waals surface area (Å²) in [6.45, 7) is 24.9. The molecule has 280 valence electrons. The van der Waals surface area contributed by atoms with Crippen LogP contribution in [-0.4, -0.2) is 51.3 Å². The third-order valence-electron chi connectivity index (χ3n) is 10.2. The van der Waals surface area contributed by atoms with E-state index in [4.69, 9.17) is 0 Å². The molecule has 52 heavy (non-hydrogen) atoms. The summed E-state index contributed by atoms with van der Waals surface area (Å²) < 4.78 is 0. The first-order valence-corrected chi connectivity index (χ1v) is 19.5. The van der Waals surface area contributed by atoms with Crippen LogP contribution in [0.3, 0.4) is 0 Å². The summed E-state index contributed by atoms with van der Waals surface area (Å²) in [6, 6.07) is 28.3. The molecule has 0 aromatic heterocycles. The van der Waals surface area contributed by atoms with Crippen molar-refractivity contribution >= 4 is 22.3 Å². The number of nitrogens with zero attached hydrogens (tertiary/aromatic N) is 2. The van der Waals surface area contributed by atoms with Crippen LogP contribution in [0, 0.1) is 6.92 Å². The molecule has 0 saturated carbocycles. The lowest BCUT2D eigenvalue weighted by Crippen LogP contribution is -2.22. The summed E-state index contributed by atoms with van der Waals surface area (Å²) in [6.07, 6.45) is 3.81. The van der Waals surface area contributed by atoms with Gasteiger partial charge in [0.05, 0.1) is 0 Å². The van der Waals surface area contributed by atoms with Gasteiger partial charge in [0.15, 0.2) is 0 Å². The molecule has 4 aromatic rings. The smallest absolute Gasteiger partial charge is 0.120 e. The van der Waals surface area contributed by atoms with Crippen LogP contribution in [-0.2, 0) is 13.1 Å². The molecule has 0 heterocycles. The molecule has 0 saturated heterocycles. The molecular formula is C47H64N2O3. The molecule has 0 aliphatic rings. The van der Waals surface area contributed by atoms with Crippen molar-refractivity contribution in [2.24, 2.45) is 0 Å². The molecule has 5 heteroatoms. The fraction of sp³-hybridized carbons (Fsp3) is 0.404. The van der Waals surface area contributed by atoms with Crippen molar-refractivity contribution in [2.45, 2.75) is 101 Å². The number of aromatic hydroxyl groups is 3. The lowest BCUT2D eigenvalue weighted by Gasteiger charge is -2.20. The average Bonchev–Trinajstić information content (AvgIpc) is 3.16. The molecule has 0 fully saturated rings. The highest BCUT2D eigenvalue weighted by molar-refractivity contribution is 5.92. The fourth-order valence-corrected chi connectivity index (χ4v) is 6.96. The Morgan fingerprint density at radius 2 is 0.731 bits per heavy atom. The molecule has 0 aliphatic carbocycles. The molecule has 3 N–H and O–H groups in total. The van der Waals surface area contributed by atoms with Crippen LogP contribution in [0.2, 0.25) is 0 Å². The van der Waals surface area contributed by atoms with Gasteiger partial charge in [-0.15, -0.1) is 0 Å². The van der Waals surface area contributed by atoms with Gasteiger partial charge in [0, 0.05) is 24.2 Å². The highest BCUT2D eigenvalue weighted by Gasteiger charge is 2.15. The van der Waals surface area contributed by atoms with Crippen molar-refractivity contribution in [3.8, 4) is 17.2 Å². The highest BCUT2D eigenvalue weighted by atomic mass is 16.3. The monoisotopic (exact) mass is 704 g/mol. The van der Waals surface area contributed by atoms with E-state index in [1.807, 2.05) is 30.3 Å². The number of phenolic OH excluding ortho intramolecular Hbond substituents is 3. The van der Waals surface area contributed by atoms with Gasteiger partial charge in [-0.2, -0.15) is 0 Å². The first-order chi connectivity index (χ1) is 25.1. The van der Waals surface area contributed by atoms with Crippen LogP contribution in [0.25, 0.3) is 22.3 Å². The van der Waals surface area contributed by atoms with E-state index >= 15 is 0 Å². The van der Waals surface area contributed by atoms with Gasteiger partial charge in [-0.3, -0.25) is 9.80 Å². The summed E-state index contributed by atoms with van der Waals surface area (Å²) in [5, 5.41) is 30.2. The van der Waals surface area contributed by atoms with Crippen molar-refractivity contribution in [2.75, 3.05) is 26.2 Å². The second-order valence-electron chi connectivity index (χ2n) is 13.4. The summed E-state index contributed by atoms with van der Waals surface area (Å²) in [5.74, 6) is 1.04. The minimum absolute atomic E-state index is 0.286. The molecule has 0 radical (unpaired) electrons. The minimum Gasteiger partial charge on any atom is -0.508 e. The normalized spacial score (nSPS) is 12.4. The second-order valence-corrected chi connectivity index (χ2v) is 13.4. The molecule has 0 amide bonds. The number of aryl methyl sites for hydroxylation is 1. The van der Waals surface area contributed by atoms with Crippen molar-refractivity contribution in [3.63, 3.8) is 0 Å². The predicted octanol–water partition coefficient (Wildman–Crippen LogP) is 11.9. The van der Waals surface area contributed by atoms with Crippen molar-refractivity contribution in [3.05, 3.63) is 124 Å². The number of benzene rings is 4. The summed E-state index contributed by atoms with van der Waals surface area (Å²) >= 11 is 0. The van der Waals surface area contributed by atoms with Crippen molar-refractivity contribution in [1.82, 2.24) is 9.80 Å². The minimum atomic E-state index is 0.286. The number of hydrogen-bond donors (Lipinski definition) is 3. The van der Waals surface area contributed by atoms with Gasteiger partial charge in [0.25, 0.3) is 0 Å². The quantitative estimate of drug-likeness (QED) is 0.101. The van der Waals surface area contributed by atoms with Gasteiger partial charge in [-0.1, -0.05) is 109 Å². The second kappa shape index (κ2) is 21.3.